The molecule has 0 aliphatic rings. The Labute approximate surface area is 132 Å². The fourth-order valence-corrected chi connectivity index (χ4v) is 2.19. The van der Waals surface area contributed by atoms with E-state index in [4.69, 9.17) is 4.74 Å². The van der Waals surface area contributed by atoms with Gasteiger partial charge in [0.15, 0.2) is 0 Å². The Morgan fingerprint density at radius 2 is 1.86 bits per heavy atom. The largest absolute Gasteiger partial charge is 0.497 e. The standard InChI is InChI=1S/C16H17BrN2O2/c1-21-13-8-6-12(7-9-13)18-11-10-16(20)19-15-5-3-2-4-14(15)17/h2-9,18H,10-11H2,1H3,(H,19,20). The van der Waals surface area contributed by atoms with Crippen molar-refractivity contribution in [3.63, 3.8) is 0 Å². The molecule has 0 saturated heterocycles. The fraction of sp³-hybridized carbons (Fsp3) is 0.188. The van der Waals surface area contributed by atoms with Gasteiger partial charge in [-0.25, -0.2) is 0 Å². The first-order chi connectivity index (χ1) is 10.2. The number of methoxy groups -OCH3 is 1. The lowest BCUT2D eigenvalue weighted by Crippen LogP contribution is -2.16. The van der Waals surface area contributed by atoms with Crippen LogP contribution in [0.3, 0.4) is 0 Å². The van der Waals surface area contributed by atoms with Gasteiger partial charge in [0.2, 0.25) is 5.91 Å². The van der Waals surface area contributed by atoms with E-state index >= 15 is 0 Å². The molecule has 0 aliphatic heterocycles. The highest BCUT2D eigenvalue weighted by molar-refractivity contribution is 9.10. The van der Waals surface area contributed by atoms with Crippen molar-refractivity contribution in [2.24, 2.45) is 0 Å². The average molecular weight is 349 g/mol. The summed E-state index contributed by atoms with van der Waals surface area (Å²) in [6, 6.07) is 15.1. The Morgan fingerprint density at radius 3 is 2.52 bits per heavy atom. The molecule has 0 saturated carbocycles. The van der Waals surface area contributed by atoms with Crippen LogP contribution in [0.4, 0.5) is 11.4 Å². The minimum absolute atomic E-state index is 0.0251. The summed E-state index contributed by atoms with van der Waals surface area (Å²) in [6.07, 6.45) is 0.396. The Hall–Kier alpha value is -2.01. The second-order valence-corrected chi connectivity index (χ2v) is 5.29. The van der Waals surface area contributed by atoms with Crippen LogP contribution in [0.5, 0.6) is 5.75 Å². The van der Waals surface area contributed by atoms with Crippen molar-refractivity contribution in [1.82, 2.24) is 0 Å². The maximum absolute atomic E-state index is 11.9. The second kappa shape index (κ2) is 7.69. The molecule has 2 aromatic rings. The Kier molecular flexibility index (Phi) is 5.63. The molecule has 0 aliphatic carbocycles. The van der Waals surface area contributed by atoms with Gasteiger partial charge in [0.1, 0.15) is 5.75 Å². The van der Waals surface area contributed by atoms with Gasteiger partial charge in [-0.3, -0.25) is 4.79 Å². The van der Waals surface area contributed by atoms with Crippen LogP contribution in [0.2, 0.25) is 0 Å². The zero-order valence-corrected chi connectivity index (χ0v) is 13.3. The lowest BCUT2D eigenvalue weighted by Gasteiger charge is -2.09. The number of amides is 1. The minimum Gasteiger partial charge on any atom is -0.497 e. The molecular weight excluding hydrogens is 332 g/mol. The van der Waals surface area contributed by atoms with Crippen molar-refractivity contribution in [3.8, 4) is 5.75 Å². The highest BCUT2D eigenvalue weighted by Crippen LogP contribution is 2.21. The highest BCUT2D eigenvalue weighted by Gasteiger charge is 2.04. The normalized spacial score (nSPS) is 10.0. The van der Waals surface area contributed by atoms with E-state index in [0.29, 0.717) is 13.0 Å². The van der Waals surface area contributed by atoms with Gasteiger partial charge in [0, 0.05) is 23.1 Å². The van der Waals surface area contributed by atoms with Gasteiger partial charge < -0.3 is 15.4 Å². The first-order valence-corrected chi connectivity index (χ1v) is 7.40. The van der Waals surface area contributed by atoms with Crippen LogP contribution in [0.25, 0.3) is 0 Å². The summed E-state index contributed by atoms with van der Waals surface area (Å²) in [5.41, 5.74) is 1.75. The Balaban J connectivity index is 1.77. The molecule has 21 heavy (non-hydrogen) atoms. The number of halogens is 1. The molecule has 0 atom stereocenters. The summed E-state index contributed by atoms with van der Waals surface area (Å²) in [6.45, 7) is 0.572. The molecular formula is C16H17BrN2O2. The average Bonchev–Trinajstić information content (AvgIpc) is 2.50. The first-order valence-electron chi connectivity index (χ1n) is 6.61. The number of rotatable bonds is 6. The molecule has 0 spiro atoms. The fourth-order valence-electron chi connectivity index (χ4n) is 1.80. The third-order valence-electron chi connectivity index (χ3n) is 2.92. The van der Waals surface area contributed by atoms with E-state index in [9.17, 15) is 4.79 Å². The van der Waals surface area contributed by atoms with Gasteiger partial charge >= 0.3 is 0 Å². The van der Waals surface area contributed by atoms with Crippen molar-refractivity contribution in [2.45, 2.75) is 6.42 Å². The minimum atomic E-state index is -0.0251. The van der Waals surface area contributed by atoms with Crippen molar-refractivity contribution in [1.29, 1.82) is 0 Å². The van der Waals surface area contributed by atoms with Crippen LogP contribution in [0, 0.1) is 0 Å². The predicted octanol–water partition coefficient (Wildman–Crippen LogP) is 3.90. The Morgan fingerprint density at radius 1 is 1.14 bits per heavy atom. The number of hydrogen-bond acceptors (Lipinski definition) is 3. The van der Waals surface area contributed by atoms with E-state index in [-0.39, 0.29) is 5.91 Å². The molecule has 5 heteroatoms. The van der Waals surface area contributed by atoms with Crippen molar-refractivity contribution in [3.05, 3.63) is 53.0 Å². The third-order valence-corrected chi connectivity index (χ3v) is 3.61. The summed E-state index contributed by atoms with van der Waals surface area (Å²) in [7, 11) is 1.63. The molecule has 0 heterocycles. The van der Waals surface area contributed by atoms with Gasteiger partial charge in [-0.2, -0.15) is 0 Å². The SMILES string of the molecule is COc1ccc(NCCC(=O)Nc2ccccc2Br)cc1. The molecule has 2 rings (SSSR count). The quantitative estimate of drug-likeness (QED) is 0.832. The monoisotopic (exact) mass is 348 g/mol. The zero-order valence-electron chi connectivity index (χ0n) is 11.7. The van der Waals surface area contributed by atoms with E-state index in [2.05, 4.69) is 26.6 Å². The van der Waals surface area contributed by atoms with Crippen LogP contribution in [-0.4, -0.2) is 19.6 Å². The molecule has 0 fully saturated rings. The number of carbonyl (C=O) groups excluding carboxylic acids is 1. The number of hydrogen-bond donors (Lipinski definition) is 2. The van der Waals surface area contributed by atoms with Crippen LogP contribution in [0.15, 0.2) is 53.0 Å². The molecule has 0 radical (unpaired) electrons. The number of nitrogens with one attached hydrogen (secondary N) is 2. The number of benzene rings is 2. The number of carbonyl (C=O) groups is 1. The van der Waals surface area contributed by atoms with Crippen LogP contribution >= 0.6 is 15.9 Å². The second-order valence-electron chi connectivity index (χ2n) is 4.43. The molecule has 4 nitrogen and oxygen atoms in total. The van der Waals surface area contributed by atoms with Crippen LogP contribution in [-0.2, 0) is 4.79 Å². The maximum atomic E-state index is 11.9. The van der Waals surface area contributed by atoms with Crippen molar-refractivity contribution in [2.75, 3.05) is 24.3 Å². The smallest absolute Gasteiger partial charge is 0.226 e. The van der Waals surface area contributed by atoms with E-state index in [1.54, 1.807) is 7.11 Å². The predicted molar refractivity (Wildman–Crippen MR) is 88.9 cm³/mol. The summed E-state index contributed by atoms with van der Waals surface area (Å²) < 4.78 is 5.97. The third kappa shape index (κ3) is 4.79. The van der Waals surface area contributed by atoms with Gasteiger partial charge in [0.05, 0.1) is 12.8 Å². The topological polar surface area (TPSA) is 50.4 Å². The molecule has 0 bridgehead atoms. The zero-order chi connectivity index (χ0) is 15.1. The summed E-state index contributed by atoms with van der Waals surface area (Å²) in [5.74, 6) is 0.787. The Bertz CT molecular complexity index is 599. The van der Waals surface area contributed by atoms with Crippen LogP contribution < -0.4 is 15.4 Å². The lowest BCUT2D eigenvalue weighted by atomic mass is 10.3. The molecule has 1 amide bonds. The van der Waals surface area contributed by atoms with Crippen molar-refractivity contribution >= 4 is 33.2 Å². The molecule has 2 aromatic carbocycles. The molecule has 0 unspecified atom stereocenters. The number of ether oxygens (including phenoxy) is 1. The lowest BCUT2D eigenvalue weighted by molar-refractivity contribution is -0.115. The highest BCUT2D eigenvalue weighted by atomic mass is 79.9. The summed E-state index contributed by atoms with van der Waals surface area (Å²) >= 11 is 3.40. The van der Waals surface area contributed by atoms with Gasteiger partial charge in [-0.05, 0) is 52.3 Å². The van der Waals surface area contributed by atoms with E-state index in [1.807, 2.05) is 48.5 Å². The van der Waals surface area contributed by atoms with Gasteiger partial charge in [0.25, 0.3) is 0 Å². The number of para-hydroxylation sites is 1. The number of anilines is 2. The molecule has 2 N–H and O–H groups in total. The van der Waals surface area contributed by atoms with E-state index < -0.39 is 0 Å². The van der Waals surface area contributed by atoms with Crippen molar-refractivity contribution < 1.29 is 9.53 Å². The summed E-state index contributed by atoms with van der Waals surface area (Å²) in [5, 5.41) is 6.07. The summed E-state index contributed by atoms with van der Waals surface area (Å²) in [4.78, 5) is 11.9. The maximum Gasteiger partial charge on any atom is 0.226 e. The molecule has 0 aromatic heterocycles. The van der Waals surface area contributed by atoms with Gasteiger partial charge in [-0.1, -0.05) is 12.1 Å². The molecule has 110 valence electrons. The van der Waals surface area contributed by atoms with E-state index in [1.165, 1.54) is 0 Å². The van der Waals surface area contributed by atoms with E-state index in [0.717, 1.165) is 21.6 Å². The first kappa shape index (κ1) is 15.4. The van der Waals surface area contributed by atoms with Gasteiger partial charge in [-0.15, -0.1) is 0 Å². The van der Waals surface area contributed by atoms with Crippen LogP contribution in [0.1, 0.15) is 6.42 Å².